The van der Waals surface area contributed by atoms with Gasteiger partial charge in [-0.05, 0) is 48.9 Å². The van der Waals surface area contributed by atoms with E-state index < -0.39 is 0 Å². The summed E-state index contributed by atoms with van der Waals surface area (Å²) in [6.45, 7) is 2.66. The Hall–Kier alpha value is -2.04. The first-order valence-electron chi connectivity index (χ1n) is 7.85. The highest BCUT2D eigenvalue weighted by Gasteiger charge is 2.16. The molecule has 1 fully saturated rings. The SMILES string of the molecule is Clc1cccc(Cn2ncc3cc(O[C@H]4CCNC4)ccc32)c1. The van der Waals surface area contributed by atoms with Gasteiger partial charge in [0.2, 0.25) is 0 Å². The maximum atomic E-state index is 6.05. The molecule has 0 amide bonds. The summed E-state index contributed by atoms with van der Waals surface area (Å²) in [4.78, 5) is 0. The Bertz CT molecular complexity index is 824. The summed E-state index contributed by atoms with van der Waals surface area (Å²) in [6, 6.07) is 14.0. The number of hydrogen-bond donors (Lipinski definition) is 1. The fourth-order valence-electron chi connectivity index (χ4n) is 2.99. The number of hydrogen-bond acceptors (Lipinski definition) is 3. The minimum atomic E-state index is 0.272. The summed E-state index contributed by atoms with van der Waals surface area (Å²) >= 11 is 6.05. The summed E-state index contributed by atoms with van der Waals surface area (Å²) in [5.74, 6) is 0.911. The van der Waals surface area contributed by atoms with Gasteiger partial charge < -0.3 is 10.1 Å². The molecule has 1 aliphatic rings. The van der Waals surface area contributed by atoms with Crippen LogP contribution in [0.5, 0.6) is 5.75 Å². The predicted octanol–water partition coefficient (Wildman–Crippen LogP) is 3.48. The lowest BCUT2D eigenvalue weighted by Gasteiger charge is -2.12. The van der Waals surface area contributed by atoms with E-state index in [1.165, 1.54) is 0 Å². The summed E-state index contributed by atoms with van der Waals surface area (Å²) < 4.78 is 8.00. The van der Waals surface area contributed by atoms with Gasteiger partial charge in [-0.15, -0.1) is 0 Å². The van der Waals surface area contributed by atoms with E-state index in [1.807, 2.05) is 35.1 Å². The smallest absolute Gasteiger partial charge is 0.120 e. The summed E-state index contributed by atoms with van der Waals surface area (Å²) in [5.41, 5.74) is 2.24. The number of rotatable bonds is 4. The minimum absolute atomic E-state index is 0.272. The highest BCUT2D eigenvalue weighted by atomic mass is 35.5. The zero-order valence-corrected chi connectivity index (χ0v) is 13.5. The molecule has 2 aromatic carbocycles. The van der Waals surface area contributed by atoms with Crippen LogP contribution in [0.15, 0.2) is 48.7 Å². The number of ether oxygens (including phenoxy) is 1. The van der Waals surface area contributed by atoms with Gasteiger partial charge in [-0.2, -0.15) is 5.10 Å². The first kappa shape index (κ1) is 14.5. The van der Waals surface area contributed by atoms with Crippen molar-refractivity contribution in [2.24, 2.45) is 0 Å². The van der Waals surface area contributed by atoms with Gasteiger partial charge in [0.15, 0.2) is 0 Å². The molecular formula is C18H18ClN3O. The average Bonchev–Trinajstić information content (AvgIpc) is 3.18. The van der Waals surface area contributed by atoms with Gasteiger partial charge in [0.25, 0.3) is 0 Å². The number of benzene rings is 2. The zero-order chi connectivity index (χ0) is 15.6. The van der Waals surface area contributed by atoms with Crippen molar-refractivity contribution in [3.8, 4) is 5.75 Å². The maximum Gasteiger partial charge on any atom is 0.120 e. The molecule has 3 aromatic rings. The normalized spacial score (nSPS) is 17.7. The van der Waals surface area contributed by atoms with Crippen molar-refractivity contribution in [1.82, 2.24) is 15.1 Å². The molecule has 1 N–H and O–H groups in total. The van der Waals surface area contributed by atoms with Crippen LogP contribution in [0, 0.1) is 0 Å². The Kier molecular flexibility index (Phi) is 3.93. The Morgan fingerprint density at radius 2 is 2.22 bits per heavy atom. The molecule has 0 radical (unpaired) electrons. The highest BCUT2D eigenvalue weighted by Crippen LogP contribution is 2.23. The van der Waals surface area contributed by atoms with E-state index in [0.717, 1.165) is 46.7 Å². The summed E-state index contributed by atoms with van der Waals surface area (Å²) in [5, 5.41) is 9.66. The van der Waals surface area contributed by atoms with E-state index in [0.29, 0.717) is 6.54 Å². The van der Waals surface area contributed by atoms with Gasteiger partial charge in [-0.3, -0.25) is 4.68 Å². The van der Waals surface area contributed by atoms with E-state index in [9.17, 15) is 0 Å². The average molecular weight is 328 g/mol. The van der Waals surface area contributed by atoms with E-state index in [4.69, 9.17) is 16.3 Å². The van der Waals surface area contributed by atoms with Crippen LogP contribution in [0.1, 0.15) is 12.0 Å². The van der Waals surface area contributed by atoms with Crippen molar-refractivity contribution >= 4 is 22.5 Å². The first-order chi connectivity index (χ1) is 11.3. The molecule has 0 aliphatic carbocycles. The van der Waals surface area contributed by atoms with E-state index in [2.05, 4.69) is 28.6 Å². The lowest BCUT2D eigenvalue weighted by atomic mass is 10.2. The first-order valence-corrected chi connectivity index (χ1v) is 8.23. The maximum absolute atomic E-state index is 6.05. The van der Waals surface area contributed by atoms with E-state index in [-0.39, 0.29) is 6.10 Å². The van der Waals surface area contributed by atoms with E-state index in [1.54, 1.807) is 0 Å². The molecule has 5 heteroatoms. The van der Waals surface area contributed by atoms with Crippen molar-refractivity contribution in [2.75, 3.05) is 13.1 Å². The Labute approximate surface area is 140 Å². The molecule has 0 saturated carbocycles. The topological polar surface area (TPSA) is 39.1 Å². The van der Waals surface area contributed by atoms with Crippen LogP contribution >= 0.6 is 11.6 Å². The standard InChI is InChI=1S/C18H18ClN3O/c19-15-3-1-2-13(8-15)12-22-18-5-4-16(9-14(18)10-21-22)23-17-6-7-20-11-17/h1-5,8-10,17,20H,6-7,11-12H2/t17-/m0/s1. The number of nitrogens with zero attached hydrogens (tertiary/aromatic N) is 2. The second-order valence-electron chi connectivity index (χ2n) is 5.89. The Morgan fingerprint density at radius 1 is 1.26 bits per heavy atom. The van der Waals surface area contributed by atoms with Crippen LogP contribution in [0.2, 0.25) is 5.02 Å². The van der Waals surface area contributed by atoms with Gasteiger partial charge in [-0.1, -0.05) is 23.7 Å². The summed E-state index contributed by atoms with van der Waals surface area (Å²) in [6.07, 6.45) is 3.22. The Balaban J connectivity index is 1.57. The van der Waals surface area contributed by atoms with Crippen LogP contribution in [0.25, 0.3) is 10.9 Å². The second kappa shape index (κ2) is 6.22. The fraction of sp³-hybridized carbons (Fsp3) is 0.278. The molecule has 23 heavy (non-hydrogen) atoms. The van der Waals surface area contributed by atoms with Crippen LogP contribution in [0.3, 0.4) is 0 Å². The van der Waals surface area contributed by atoms with Crippen molar-refractivity contribution < 1.29 is 4.74 Å². The molecular weight excluding hydrogens is 310 g/mol. The van der Waals surface area contributed by atoms with Crippen molar-refractivity contribution in [2.45, 2.75) is 19.1 Å². The van der Waals surface area contributed by atoms with Crippen molar-refractivity contribution in [1.29, 1.82) is 0 Å². The van der Waals surface area contributed by atoms with Gasteiger partial charge in [-0.25, -0.2) is 0 Å². The van der Waals surface area contributed by atoms with Crippen LogP contribution in [-0.2, 0) is 6.54 Å². The molecule has 0 spiro atoms. The van der Waals surface area contributed by atoms with Gasteiger partial charge >= 0.3 is 0 Å². The zero-order valence-electron chi connectivity index (χ0n) is 12.7. The molecule has 1 aliphatic heterocycles. The van der Waals surface area contributed by atoms with Gasteiger partial charge in [0.05, 0.1) is 18.3 Å². The minimum Gasteiger partial charge on any atom is -0.489 e. The quantitative estimate of drug-likeness (QED) is 0.797. The third-order valence-corrected chi connectivity index (χ3v) is 4.39. The Morgan fingerprint density at radius 3 is 3.04 bits per heavy atom. The molecule has 4 nitrogen and oxygen atoms in total. The second-order valence-corrected chi connectivity index (χ2v) is 6.32. The van der Waals surface area contributed by atoms with Crippen LogP contribution in [-0.4, -0.2) is 29.0 Å². The number of aromatic nitrogens is 2. The van der Waals surface area contributed by atoms with Crippen LogP contribution < -0.4 is 10.1 Å². The lowest BCUT2D eigenvalue weighted by molar-refractivity contribution is 0.223. The number of nitrogens with one attached hydrogen (secondary N) is 1. The third-order valence-electron chi connectivity index (χ3n) is 4.15. The fourth-order valence-corrected chi connectivity index (χ4v) is 3.21. The molecule has 2 heterocycles. The number of fused-ring (bicyclic) bond motifs is 1. The van der Waals surface area contributed by atoms with Crippen molar-refractivity contribution in [3.63, 3.8) is 0 Å². The molecule has 1 atom stereocenters. The number of halogens is 1. The molecule has 0 unspecified atom stereocenters. The highest BCUT2D eigenvalue weighted by molar-refractivity contribution is 6.30. The summed E-state index contributed by atoms with van der Waals surface area (Å²) in [7, 11) is 0. The van der Waals surface area contributed by atoms with Gasteiger partial charge in [0.1, 0.15) is 11.9 Å². The van der Waals surface area contributed by atoms with Crippen LogP contribution in [0.4, 0.5) is 0 Å². The largest absolute Gasteiger partial charge is 0.489 e. The molecule has 4 rings (SSSR count). The molecule has 0 bridgehead atoms. The monoisotopic (exact) mass is 327 g/mol. The molecule has 1 aromatic heterocycles. The van der Waals surface area contributed by atoms with Crippen molar-refractivity contribution in [3.05, 3.63) is 59.2 Å². The lowest BCUT2D eigenvalue weighted by Crippen LogP contribution is -2.19. The molecule has 118 valence electrons. The predicted molar refractivity (Wildman–Crippen MR) is 92.2 cm³/mol. The third kappa shape index (κ3) is 3.19. The van der Waals surface area contributed by atoms with Gasteiger partial charge in [0, 0.05) is 17.0 Å². The molecule has 1 saturated heterocycles. The van der Waals surface area contributed by atoms with E-state index >= 15 is 0 Å².